The Hall–Kier alpha value is -0.120. The summed E-state index contributed by atoms with van der Waals surface area (Å²) in [5, 5.41) is 0. The Morgan fingerprint density at radius 3 is 2.61 bits per heavy atom. The van der Waals surface area contributed by atoms with Crippen molar-refractivity contribution in [1.82, 2.24) is 0 Å². The second kappa shape index (κ2) is 5.10. The van der Waals surface area contributed by atoms with Gasteiger partial charge in [0, 0.05) is 19.3 Å². The van der Waals surface area contributed by atoms with Crippen molar-refractivity contribution in [3.8, 4) is 0 Å². The van der Waals surface area contributed by atoms with Crippen LogP contribution in [0.25, 0.3) is 0 Å². The first-order valence-corrected chi connectivity index (χ1v) is 7.75. The molecule has 1 spiro atoms. The fraction of sp³-hybridized carbons (Fsp3) is 1.00. The molecule has 2 saturated carbocycles. The zero-order valence-corrected chi connectivity index (χ0v) is 11.6. The summed E-state index contributed by atoms with van der Waals surface area (Å²) in [7, 11) is 0. The molecule has 0 aromatic heterocycles. The van der Waals surface area contributed by atoms with Crippen LogP contribution in [-0.4, -0.2) is 31.0 Å². The molecule has 18 heavy (non-hydrogen) atoms. The molecule has 3 nitrogen and oxygen atoms in total. The van der Waals surface area contributed by atoms with Crippen molar-refractivity contribution in [2.45, 2.75) is 69.6 Å². The van der Waals surface area contributed by atoms with Crippen molar-refractivity contribution in [1.29, 1.82) is 0 Å². The van der Waals surface area contributed by atoms with E-state index in [1.807, 2.05) is 0 Å². The van der Waals surface area contributed by atoms with Gasteiger partial charge in [-0.2, -0.15) is 0 Å². The lowest BCUT2D eigenvalue weighted by atomic mass is 9.69. The number of hydrogen-bond acceptors (Lipinski definition) is 3. The minimum Gasteiger partial charge on any atom is -0.377 e. The molecule has 3 aliphatic rings. The first kappa shape index (κ1) is 12.9. The quantitative estimate of drug-likeness (QED) is 0.818. The van der Waals surface area contributed by atoms with E-state index < -0.39 is 0 Å². The molecule has 0 aromatic carbocycles. The Morgan fingerprint density at radius 1 is 1.28 bits per heavy atom. The molecule has 3 rings (SSSR count). The highest BCUT2D eigenvalue weighted by Gasteiger charge is 2.46. The van der Waals surface area contributed by atoms with Gasteiger partial charge in [-0.1, -0.05) is 0 Å². The fourth-order valence-corrected chi connectivity index (χ4v) is 3.76. The molecule has 104 valence electrons. The smallest absolute Gasteiger partial charge is 0.0756 e. The summed E-state index contributed by atoms with van der Waals surface area (Å²) in [6, 6.07) is 0.221. The molecular weight excluding hydrogens is 226 g/mol. The predicted octanol–water partition coefficient (Wildman–Crippen LogP) is 2.48. The van der Waals surface area contributed by atoms with Gasteiger partial charge in [0.15, 0.2) is 0 Å². The summed E-state index contributed by atoms with van der Waals surface area (Å²) in [5.74, 6) is 1.34. The van der Waals surface area contributed by atoms with Gasteiger partial charge in [-0.15, -0.1) is 0 Å². The van der Waals surface area contributed by atoms with Crippen LogP contribution in [0.2, 0.25) is 0 Å². The van der Waals surface area contributed by atoms with E-state index in [0.717, 1.165) is 25.6 Å². The molecule has 0 aromatic rings. The lowest BCUT2D eigenvalue weighted by Crippen LogP contribution is -2.53. The predicted molar refractivity (Wildman–Crippen MR) is 71.4 cm³/mol. The van der Waals surface area contributed by atoms with Crippen molar-refractivity contribution in [2.75, 3.05) is 13.2 Å². The zero-order chi connectivity index (χ0) is 12.6. The van der Waals surface area contributed by atoms with E-state index in [0.29, 0.717) is 12.0 Å². The first-order valence-electron chi connectivity index (χ1n) is 7.75. The van der Waals surface area contributed by atoms with E-state index in [9.17, 15) is 0 Å². The standard InChI is InChI=1S/C15H27NO2/c1-2-17-14(11-4-5-11)13(16)12-6-9-18-15(10-12)7-3-8-15/h11-14H,2-10,16H2,1H3. The monoisotopic (exact) mass is 253 g/mol. The van der Waals surface area contributed by atoms with E-state index in [-0.39, 0.29) is 11.6 Å². The Bertz CT molecular complexity index is 286. The normalized spacial score (nSPS) is 34.0. The number of hydrogen-bond donors (Lipinski definition) is 1. The summed E-state index contributed by atoms with van der Waals surface area (Å²) in [6.07, 6.45) is 9.05. The maximum atomic E-state index is 6.54. The van der Waals surface area contributed by atoms with Crippen LogP contribution >= 0.6 is 0 Å². The van der Waals surface area contributed by atoms with Crippen LogP contribution < -0.4 is 5.73 Å². The van der Waals surface area contributed by atoms with E-state index in [1.54, 1.807) is 0 Å². The lowest BCUT2D eigenvalue weighted by molar-refractivity contribution is -0.151. The van der Waals surface area contributed by atoms with Crippen LogP contribution in [0.1, 0.15) is 51.9 Å². The topological polar surface area (TPSA) is 44.5 Å². The van der Waals surface area contributed by atoms with E-state index in [1.165, 1.54) is 38.5 Å². The fourth-order valence-electron chi connectivity index (χ4n) is 3.76. The third-order valence-corrected chi connectivity index (χ3v) is 5.17. The van der Waals surface area contributed by atoms with E-state index >= 15 is 0 Å². The molecule has 0 bridgehead atoms. The molecule has 2 N–H and O–H groups in total. The van der Waals surface area contributed by atoms with Crippen molar-refractivity contribution < 1.29 is 9.47 Å². The van der Waals surface area contributed by atoms with Gasteiger partial charge in [0.25, 0.3) is 0 Å². The molecule has 1 heterocycles. The van der Waals surface area contributed by atoms with Crippen LogP contribution in [0.15, 0.2) is 0 Å². The third kappa shape index (κ3) is 2.45. The minimum absolute atomic E-state index is 0.209. The molecule has 2 aliphatic carbocycles. The molecule has 1 aliphatic heterocycles. The van der Waals surface area contributed by atoms with Gasteiger partial charge in [0.05, 0.1) is 11.7 Å². The largest absolute Gasteiger partial charge is 0.377 e. The number of ether oxygens (including phenoxy) is 2. The molecule has 3 fully saturated rings. The van der Waals surface area contributed by atoms with Gasteiger partial charge in [-0.25, -0.2) is 0 Å². The highest BCUT2D eigenvalue weighted by atomic mass is 16.5. The van der Waals surface area contributed by atoms with Gasteiger partial charge < -0.3 is 15.2 Å². The van der Waals surface area contributed by atoms with Gasteiger partial charge in [0.2, 0.25) is 0 Å². The molecule has 3 unspecified atom stereocenters. The average molecular weight is 253 g/mol. The van der Waals surface area contributed by atoms with E-state index in [2.05, 4.69) is 6.92 Å². The number of rotatable bonds is 5. The van der Waals surface area contributed by atoms with Crippen LogP contribution in [-0.2, 0) is 9.47 Å². The summed E-state index contributed by atoms with van der Waals surface area (Å²) in [5.41, 5.74) is 6.75. The highest BCUT2D eigenvalue weighted by molar-refractivity contribution is 4.99. The molecular formula is C15H27NO2. The molecule has 0 radical (unpaired) electrons. The van der Waals surface area contributed by atoms with Crippen molar-refractivity contribution in [2.24, 2.45) is 17.6 Å². The Labute approximate surface area is 110 Å². The Balaban J connectivity index is 1.61. The molecule has 0 amide bonds. The molecule has 3 heteroatoms. The Kier molecular flexibility index (Phi) is 3.65. The van der Waals surface area contributed by atoms with Crippen LogP contribution in [0.4, 0.5) is 0 Å². The minimum atomic E-state index is 0.209. The summed E-state index contributed by atoms with van der Waals surface area (Å²) in [6.45, 7) is 3.78. The average Bonchev–Trinajstić information content (AvgIpc) is 3.17. The summed E-state index contributed by atoms with van der Waals surface area (Å²) < 4.78 is 11.9. The molecule has 3 atom stereocenters. The van der Waals surface area contributed by atoms with Gasteiger partial charge in [-0.3, -0.25) is 0 Å². The van der Waals surface area contributed by atoms with Gasteiger partial charge >= 0.3 is 0 Å². The third-order valence-electron chi connectivity index (χ3n) is 5.17. The van der Waals surface area contributed by atoms with Crippen molar-refractivity contribution >= 4 is 0 Å². The maximum Gasteiger partial charge on any atom is 0.0756 e. The van der Waals surface area contributed by atoms with Gasteiger partial charge in [0.1, 0.15) is 0 Å². The summed E-state index contributed by atoms with van der Waals surface area (Å²) >= 11 is 0. The second-order valence-electron chi connectivity index (χ2n) is 6.47. The number of nitrogens with two attached hydrogens (primary N) is 1. The van der Waals surface area contributed by atoms with Crippen molar-refractivity contribution in [3.63, 3.8) is 0 Å². The van der Waals surface area contributed by atoms with Crippen LogP contribution in [0.3, 0.4) is 0 Å². The lowest BCUT2D eigenvalue weighted by Gasteiger charge is -2.49. The zero-order valence-electron chi connectivity index (χ0n) is 11.6. The van der Waals surface area contributed by atoms with Crippen LogP contribution in [0, 0.1) is 11.8 Å². The first-order chi connectivity index (χ1) is 8.74. The highest BCUT2D eigenvalue weighted by Crippen LogP contribution is 2.46. The summed E-state index contributed by atoms with van der Waals surface area (Å²) in [4.78, 5) is 0. The van der Waals surface area contributed by atoms with Crippen LogP contribution in [0.5, 0.6) is 0 Å². The van der Waals surface area contributed by atoms with Crippen molar-refractivity contribution in [3.05, 3.63) is 0 Å². The van der Waals surface area contributed by atoms with Gasteiger partial charge in [-0.05, 0) is 63.7 Å². The maximum absolute atomic E-state index is 6.54. The SMILES string of the molecule is CCOC(C1CC1)C(N)C1CCOC2(CCC2)C1. The Morgan fingerprint density at radius 2 is 2.06 bits per heavy atom. The van der Waals surface area contributed by atoms with E-state index in [4.69, 9.17) is 15.2 Å². The molecule has 1 saturated heterocycles. The second-order valence-corrected chi connectivity index (χ2v) is 6.47.